The fourth-order valence-electron chi connectivity index (χ4n) is 1.90. The Morgan fingerprint density at radius 2 is 2.00 bits per heavy atom. The van der Waals surface area contributed by atoms with Gasteiger partial charge in [0.25, 0.3) is 0 Å². The Labute approximate surface area is 127 Å². The van der Waals surface area contributed by atoms with E-state index in [4.69, 9.17) is 4.18 Å². The third kappa shape index (κ3) is 5.38. The number of rotatable bonds is 7. The normalized spacial score (nSPS) is 12.8. The molecule has 0 bridgehead atoms. The van der Waals surface area contributed by atoms with Crippen LogP contribution in [0.4, 0.5) is 0 Å². The second kappa shape index (κ2) is 7.45. The number of carbonyl (C=O) groups excluding carboxylic acids is 1. The Bertz CT molecular complexity index is 583. The highest BCUT2D eigenvalue weighted by molar-refractivity contribution is 7.87. The van der Waals surface area contributed by atoms with Crippen LogP contribution in [0.25, 0.3) is 0 Å². The van der Waals surface area contributed by atoms with Crippen molar-refractivity contribution in [1.82, 2.24) is 4.90 Å². The quantitative estimate of drug-likeness (QED) is 0.726. The van der Waals surface area contributed by atoms with Gasteiger partial charge in [-0.25, -0.2) is 0 Å². The van der Waals surface area contributed by atoms with Crippen LogP contribution >= 0.6 is 0 Å². The topological polar surface area (TPSA) is 63.7 Å². The molecule has 1 amide bonds. The second-order valence-corrected chi connectivity index (χ2v) is 6.84. The van der Waals surface area contributed by atoms with Crippen molar-refractivity contribution < 1.29 is 17.4 Å². The van der Waals surface area contributed by atoms with Crippen molar-refractivity contribution in [2.45, 2.75) is 46.7 Å². The number of hydrogen-bond donors (Lipinski definition) is 0. The smallest absolute Gasteiger partial charge is 0.308 e. The molecule has 1 atom stereocenters. The molecule has 0 aromatic heterocycles. The van der Waals surface area contributed by atoms with Gasteiger partial charge in [-0.3, -0.25) is 4.79 Å². The highest BCUT2D eigenvalue weighted by Crippen LogP contribution is 2.18. The maximum absolute atomic E-state index is 11.7. The molecule has 0 saturated heterocycles. The zero-order chi connectivity index (χ0) is 16.0. The molecule has 1 aromatic carbocycles. The fourth-order valence-corrected chi connectivity index (χ4v) is 2.41. The lowest BCUT2D eigenvalue weighted by Crippen LogP contribution is -2.36. The molecule has 5 nitrogen and oxygen atoms in total. The first-order valence-corrected chi connectivity index (χ1v) is 8.65. The molecule has 0 spiro atoms. The summed E-state index contributed by atoms with van der Waals surface area (Å²) in [5, 5.41) is 0. The molecule has 1 aromatic rings. The SMILES string of the molecule is CCC(C)N(Cc1cccc(OS(=O)(=O)CC)c1)C(C)=O. The lowest BCUT2D eigenvalue weighted by atomic mass is 10.1. The molecular weight excluding hydrogens is 290 g/mol. The minimum absolute atomic E-state index is 0.00292. The van der Waals surface area contributed by atoms with Crippen LogP contribution in [0.3, 0.4) is 0 Å². The third-order valence-electron chi connectivity index (χ3n) is 3.36. The van der Waals surface area contributed by atoms with Gasteiger partial charge in [0.15, 0.2) is 0 Å². The Kier molecular flexibility index (Phi) is 6.20. The molecule has 0 saturated carbocycles. The molecule has 1 unspecified atom stereocenters. The lowest BCUT2D eigenvalue weighted by molar-refractivity contribution is -0.131. The van der Waals surface area contributed by atoms with Gasteiger partial charge in [0.1, 0.15) is 5.75 Å². The van der Waals surface area contributed by atoms with E-state index in [1.54, 1.807) is 23.1 Å². The van der Waals surface area contributed by atoms with Gasteiger partial charge in [-0.05, 0) is 38.0 Å². The lowest BCUT2D eigenvalue weighted by Gasteiger charge is -2.27. The van der Waals surface area contributed by atoms with Crippen molar-refractivity contribution in [2.75, 3.05) is 5.75 Å². The van der Waals surface area contributed by atoms with Crippen LogP contribution in [-0.4, -0.2) is 31.0 Å². The second-order valence-electron chi connectivity index (χ2n) is 4.98. The van der Waals surface area contributed by atoms with Gasteiger partial charge in [0.2, 0.25) is 5.91 Å². The summed E-state index contributed by atoms with van der Waals surface area (Å²) in [6, 6.07) is 6.96. The van der Waals surface area contributed by atoms with Gasteiger partial charge < -0.3 is 9.08 Å². The van der Waals surface area contributed by atoms with Gasteiger partial charge >= 0.3 is 10.1 Å². The summed E-state index contributed by atoms with van der Waals surface area (Å²) in [4.78, 5) is 13.5. The maximum atomic E-state index is 11.7. The standard InChI is InChI=1S/C15H23NO4S/c1-5-12(3)16(13(4)17)11-14-8-7-9-15(10-14)20-21(18,19)6-2/h7-10,12H,5-6,11H2,1-4H3. The predicted molar refractivity (Wildman–Crippen MR) is 82.5 cm³/mol. The van der Waals surface area contributed by atoms with Crippen LogP contribution in [0.2, 0.25) is 0 Å². The molecule has 21 heavy (non-hydrogen) atoms. The van der Waals surface area contributed by atoms with Gasteiger partial charge in [-0.2, -0.15) is 8.42 Å². The van der Waals surface area contributed by atoms with E-state index in [1.165, 1.54) is 13.8 Å². The Morgan fingerprint density at radius 3 is 2.52 bits per heavy atom. The molecule has 118 valence electrons. The van der Waals surface area contributed by atoms with Gasteiger partial charge in [0, 0.05) is 19.5 Å². The van der Waals surface area contributed by atoms with Crippen molar-refractivity contribution in [2.24, 2.45) is 0 Å². The van der Waals surface area contributed by atoms with E-state index in [2.05, 4.69) is 0 Å². The minimum Gasteiger partial charge on any atom is -0.382 e. The molecule has 0 aliphatic carbocycles. The zero-order valence-corrected chi connectivity index (χ0v) is 13.8. The number of nitrogens with zero attached hydrogens (tertiary/aromatic N) is 1. The fraction of sp³-hybridized carbons (Fsp3) is 0.533. The molecule has 0 aliphatic rings. The average Bonchev–Trinajstić information content (AvgIpc) is 2.43. The van der Waals surface area contributed by atoms with Crippen LogP contribution in [0.15, 0.2) is 24.3 Å². The van der Waals surface area contributed by atoms with Crippen molar-refractivity contribution in [3.05, 3.63) is 29.8 Å². The van der Waals surface area contributed by atoms with Gasteiger partial charge in [-0.1, -0.05) is 19.1 Å². The Morgan fingerprint density at radius 1 is 1.33 bits per heavy atom. The number of hydrogen-bond acceptors (Lipinski definition) is 4. The molecule has 0 aliphatic heterocycles. The molecule has 0 fully saturated rings. The van der Waals surface area contributed by atoms with E-state index in [0.717, 1.165) is 12.0 Å². The largest absolute Gasteiger partial charge is 0.382 e. The molecule has 6 heteroatoms. The number of benzene rings is 1. The van der Waals surface area contributed by atoms with Crippen LogP contribution in [0.5, 0.6) is 5.75 Å². The summed E-state index contributed by atoms with van der Waals surface area (Å²) < 4.78 is 27.9. The summed E-state index contributed by atoms with van der Waals surface area (Å²) in [6.45, 7) is 7.51. The zero-order valence-electron chi connectivity index (χ0n) is 13.0. The first-order chi connectivity index (χ1) is 9.79. The Hall–Kier alpha value is -1.56. The van der Waals surface area contributed by atoms with Crippen molar-refractivity contribution in [3.8, 4) is 5.75 Å². The van der Waals surface area contributed by atoms with Crippen molar-refractivity contribution >= 4 is 16.0 Å². The summed E-state index contributed by atoms with van der Waals surface area (Å²) in [6.07, 6.45) is 0.861. The summed E-state index contributed by atoms with van der Waals surface area (Å²) >= 11 is 0. The van der Waals surface area contributed by atoms with E-state index >= 15 is 0 Å². The van der Waals surface area contributed by atoms with E-state index in [-0.39, 0.29) is 23.5 Å². The molecule has 0 N–H and O–H groups in total. The van der Waals surface area contributed by atoms with Crippen molar-refractivity contribution in [3.63, 3.8) is 0 Å². The van der Waals surface area contributed by atoms with Crippen LogP contribution in [-0.2, 0) is 21.5 Å². The van der Waals surface area contributed by atoms with Gasteiger partial charge in [-0.15, -0.1) is 0 Å². The number of carbonyl (C=O) groups is 1. The minimum atomic E-state index is -3.54. The maximum Gasteiger partial charge on any atom is 0.308 e. The van der Waals surface area contributed by atoms with Crippen LogP contribution < -0.4 is 4.18 Å². The highest BCUT2D eigenvalue weighted by Gasteiger charge is 2.16. The summed E-state index contributed by atoms with van der Waals surface area (Å²) in [5.74, 6) is 0.197. The molecular formula is C15H23NO4S. The van der Waals surface area contributed by atoms with Crippen LogP contribution in [0, 0.1) is 0 Å². The third-order valence-corrected chi connectivity index (χ3v) is 4.51. The van der Waals surface area contributed by atoms with E-state index in [1.807, 2.05) is 19.9 Å². The molecule has 1 rings (SSSR count). The highest BCUT2D eigenvalue weighted by atomic mass is 32.2. The Balaban J connectivity index is 2.92. The monoisotopic (exact) mass is 313 g/mol. The van der Waals surface area contributed by atoms with E-state index in [0.29, 0.717) is 6.54 Å². The van der Waals surface area contributed by atoms with Crippen LogP contribution in [0.1, 0.15) is 39.7 Å². The van der Waals surface area contributed by atoms with Crippen molar-refractivity contribution in [1.29, 1.82) is 0 Å². The number of amides is 1. The summed E-state index contributed by atoms with van der Waals surface area (Å²) in [7, 11) is -3.54. The first kappa shape index (κ1) is 17.5. The molecule has 0 heterocycles. The molecule has 0 radical (unpaired) electrons. The van der Waals surface area contributed by atoms with E-state index < -0.39 is 10.1 Å². The van der Waals surface area contributed by atoms with Gasteiger partial charge in [0.05, 0.1) is 5.75 Å². The first-order valence-electron chi connectivity index (χ1n) is 7.07. The predicted octanol–water partition coefficient (Wildman–Crippen LogP) is 2.56. The van der Waals surface area contributed by atoms with E-state index in [9.17, 15) is 13.2 Å². The average molecular weight is 313 g/mol. The summed E-state index contributed by atoms with van der Waals surface area (Å²) in [5.41, 5.74) is 0.842.